The Bertz CT molecular complexity index is 1710. The van der Waals surface area contributed by atoms with Gasteiger partial charge in [0.05, 0.1) is 16.5 Å². The minimum absolute atomic E-state index is 0.0547. The Morgan fingerprint density at radius 2 is 2.00 bits per heavy atom. The van der Waals surface area contributed by atoms with Crippen molar-refractivity contribution in [1.82, 2.24) is 30.5 Å². The van der Waals surface area contributed by atoms with Crippen molar-refractivity contribution in [1.29, 1.82) is 0 Å². The SMILES string of the molecule is C[C@@H](Oc1cnccn1)[C@H](NC(=O)C(F)(F)F)C(=O)N1C[C@H]2[C@@H]([C@H]1C(=O)NCC#[N+]C#Cc1csc3cnccc13)C2(C)C. The predicted octanol–water partition coefficient (Wildman–Crippen LogP) is 2.84. The minimum atomic E-state index is -5.25. The zero-order chi connectivity index (χ0) is 31.6. The first-order valence-electron chi connectivity index (χ1n) is 13.5. The van der Waals surface area contributed by atoms with Crippen molar-refractivity contribution >= 4 is 39.1 Å². The fraction of sp³-hybridized carbons (Fsp3) is 0.414. The third-order valence-corrected chi connectivity index (χ3v) is 8.86. The second kappa shape index (κ2) is 12.1. The molecule has 15 heteroatoms. The molecule has 1 aliphatic carbocycles. The Morgan fingerprint density at radius 3 is 2.73 bits per heavy atom. The summed E-state index contributed by atoms with van der Waals surface area (Å²) in [4.78, 5) is 56.0. The minimum Gasteiger partial charge on any atom is -0.471 e. The molecule has 11 nitrogen and oxygen atoms in total. The van der Waals surface area contributed by atoms with E-state index in [0.717, 1.165) is 15.6 Å². The van der Waals surface area contributed by atoms with Crippen molar-refractivity contribution in [2.45, 2.75) is 45.1 Å². The monoisotopic (exact) mass is 626 g/mol. The van der Waals surface area contributed by atoms with Gasteiger partial charge < -0.3 is 20.3 Å². The average molecular weight is 627 g/mol. The molecule has 3 aromatic heterocycles. The van der Waals surface area contributed by atoms with Crippen LogP contribution in [0.15, 0.2) is 42.4 Å². The molecule has 2 aliphatic rings. The zero-order valence-corrected chi connectivity index (χ0v) is 24.6. The third-order valence-electron chi connectivity index (χ3n) is 7.93. The van der Waals surface area contributed by atoms with Crippen LogP contribution in [0.5, 0.6) is 5.88 Å². The fourth-order valence-electron chi connectivity index (χ4n) is 5.58. The molecule has 5 atom stereocenters. The normalized spacial score (nSPS) is 21.0. The molecule has 0 unspecified atom stereocenters. The van der Waals surface area contributed by atoms with Gasteiger partial charge in [-0.3, -0.25) is 24.4 Å². The Kier molecular flexibility index (Phi) is 8.43. The number of hydrogen-bond donors (Lipinski definition) is 2. The van der Waals surface area contributed by atoms with Crippen molar-refractivity contribution in [2.75, 3.05) is 13.1 Å². The number of carbonyl (C=O) groups is 3. The van der Waals surface area contributed by atoms with Crippen LogP contribution in [0.4, 0.5) is 13.2 Å². The largest absolute Gasteiger partial charge is 0.471 e. The van der Waals surface area contributed by atoms with E-state index in [1.807, 2.05) is 25.3 Å². The number of piperidine rings is 1. The third kappa shape index (κ3) is 6.28. The maximum atomic E-state index is 13.7. The van der Waals surface area contributed by atoms with Gasteiger partial charge in [-0.2, -0.15) is 13.2 Å². The molecule has 0 radical (unpaired) electrons. The summed E-state index contributed by atoms with van der Waals surface area (Å²) in [6, 6.07) is 4.38. The van der Waals surface area contributed by atoms with Gasteiger partial charge in [0.15, 0.2) is 6.54 Å². The van der Waals surface area contributed by atoms with Crippen LogP contribution in [0, 0.1) is 35.3 Å². The van der Waals surface area contributed by atoms with Gasteiger partial charge >= 0.3 is 24.2 Å². The molecule has 2 N–H and O–H groups in total. The summed E-state index contributed by atoms with van der Waals surface area (Å²) in [5.41, 5.74) is 0.515. The molecule has 2 fully saturated rings. The van der Waals surface area contributed by atoms with Crippen molar-refractivity contribution < 1.29 is 32.3 Å². The first-order valence-corrected chi connectivity index (χ1v) is 14.4. The standard InChI is InChI=1S/C29H26F3N7O4S/c1-16(43-21-13-35-9-10-36-21)23(38-27(42)29(30,31)32)26(41)39-14-19-22(28(19,2)3)24(39)25(40)37-11-8-33-6-4-17-15-44-20-12-34-7-5-18(17)20/h5,7,9-10,12-13,15-16,19,22-24H,11,14H2,1-3H3,(H-,37,38,40,42)/p+1/t16-,19+,22+,23+,24+/m1/s1. The van der Waals surface area contributed by atoms with Gasteiger partial charge in [-0.1, -0.05) is 13.8 Å². The number of amides is 3. The van der Waals surface area contributed by atoms with Gasteiger partial charge in [-0.15, -0.1) is 11.3 Å². The molecule has 0 spiro atoms. The van der Waals surface area contributed by atoms with Gasteiger partial charge in [0.2, 0.25) is 17.7 Å². The summed E-state index contributed by atoms with van der Waals surface area (Å²) in [5, 5.41) is 7.26. The van der Waals surface area contributed by atoms with Crippen LogP contribution in [-0.2, 0) is 14.4 Å². The maximum absolute atomic E-state index is 13.7. The molecule has 1 saturated heterocycles. The highest BCUT2D eigenvalue weighted by atomic mass is 32.1. The van der Waals surface area contributed by atoms with Crippen LogP contribution < -0.4 is 15.4 Å². The number of halogens is 3. The summed E-state index contributed by atoms with van der Waals surface area (Å²) in [6.45, 7) is 5.25. The quantitative estimate of drug-likeness (QED) is 0.305. The molecular formula is C29H27F3N7O4S+. The molecule has 1 saturated carbocycles. The number of pyridine rings is 1. The van der Waals surface area contributed by atoms with E-state index in [9.17, 15) is 27.6 Å². The lowest BCUT2D eigenvalue weighted by molar-refractivity contribution is -0.176. The van der Waals surface area contributed by atoms with E-state index in [4.69, 9.17) is 4.74 Å². The van der Waals surface area contributed by atoms with Gasteiger partial charge in [-0.05, 0) is 30.2 Å². The number of nitrogens with zero attached hydrogens (tertiary/aromatic N) is 5. The summed E-state index contributed by atoms with van der Waals surface area (Å²) in [7, 11) is 0. The molecule has 0 aromatic carbocycles. The van der Waals surface area contributed by atoms with Gasteiger partial charge in [0.1, 0.15) is 18.2 Å². The molecule has 4 heterocycles. The first kappa shape index (κ1) is 30.7. The number of fused-ring (bicyclic) bond motifs is 2. The molecule has 3 aromatic rings. The number of rotatable bonds is 7. The number of carbonyl (C=O) groups excluding carboxylic acids is 3. The van der Waals surface area contributed by atoms with E-state index >= 15 is 0 Å². The highest BCUT2D eigenvalue weighted by Gasteiger charge is 2.69. The van der Waals surface area contributed by atoms with Crippen LogP contribution >= 0.6 is 11.3 Å². The summed E-state index contributed by atoms with van der Waals surface area (Å²) in [6.07, 6.45) is 0.777. The molecule has 0 bridgehead atoms. The summed E-state index contributed by atoms with van der Waals surface area (Å²) in [5.74, 6) is -1.14. The summed E-state index contributed by atoms with van der Waals surface area (Å²) >= 11 is 1.51. The van der Waals surface area contributed by atoms with Crippen LogP contribution in [-0.4, -0.2) is 75.0 Å². The van der Waals surface area contributed by atoms with E-state index in [1.165, 1.54) is 41.8 Å². The maximum Gasteiger partial charge on any atom is 0.471 e. The van der Waals surface area contributed by atoms with Crippen molar-refractivity contribution in [3.63, 3.8) is 0 Å². The Morgan fingerprint density at radius 1 is 1.23 bits per heavy atom. The van der Waals surface area contributed by atoms with E-state index in [0.29, 0.717) is 0 Å². The number of aromatic nitrogens is 3. The number of thiophene rings is 1. The topological polar surface area (TPSA) is 131 Å². The molecule has 1 aliphatic heterocycles. The number of hydrogen-bond acceptors (Lipinski definition) is 8. The molecule has 3 amide bonds. The van der Waals surface area contributed by atoms with E-state index in [-0.39, 0.29) is 36.2 Å². The molecule has 228 valence electrons. The zero-order valence-electron chi connectivity index (χ0n) is 23.8. The van der Waals surface area contributed by atoms with Crippen LogP contribution in [0.1, 0.15) is 26.3 Å². The Hall–Kier alpha value is -4.76. The second-order valence-electron chi connectivity index (χ2n) is 11.0. The lowest BCUT2D eigenvalue weighted by atomic mass is 9.99. The van der Waals surface area contributed by atoms with Crippen molar-refractivity contribution in [2.24, 2.45) is 17.3 Å². The highest BCUT2D eigenvalue weighted by molar-refractivity contribution is 7.17. The molecular weight excluding hydrogens is 599 g/mol. The number of ether oxygens (including phenoxy) is 1. The van der Waals surface area contributed by atoms with Crippen LogP contribution in [0.25, 0.3) is 14.9 Å². The number of alkyl halides is 3. The lowest BCUT2D eigenvalue weighted by Crippen LogP contribution is -2.60. The number of likely N-dealkylation sites (tertiary alicyclic amines) is 1. The van der Waals surface area contributed by atoms with E-state index in [1.54, 1.807) is 17.7 Å². The first-order chi connectivity index (χ1) is 20.9. The van der Waals surface area contributed by atoms with Crippen molar-refractivity contribution in [3.8, 4) is 23.9 Å². The smallest absolute Gasteiger partial charge is 0.471 e. The highest BCUT2D eigenvalue weighted by Crippen LogP contribution is 2.64. The summed E-state index contributed by atoms with van der Waals surface area (Å²) < 4.78 is 46.2. The van der Waals surface area contributed by atoms with Crippen LogP contribution in [0.3, 0.4) is 0 Å². The van der Waals surface area contributed by atoms with Gasteiger partial charge in [0, 0.05) is 52.9 Å². The van der Waals surface area contributed by atoms with Crippen molar-refractivity contribution in [3.05, 3.63) is 52.8 Å². The lowest BCUT2D eigenvalue weighted by Gasteiger charge is -2.34. The average Bonchev–Trinajstić information content (AvgIpc) is 3.34. The van der Waals surface area contributed by atoms with E-state index in [2.05, 4.69) is 43.1 Å². The fourth-order valence-corrected chi connectivity index (χ4v) is 6.43. The molecule has 5 rings (SSSR count). The van der Waals surface area contributed by atoms with Gasteiger partial charge in [-0.25, -0.2) is 4.98 Å². The van der Waals surface area contributed by atoms with Gasteiger partial charge in [0.25, 0.3) is 0 Å². The Balaban J connectivity index is 1.29. The number of nitrogens with one attached hydrogen (secondary N) is 2. The second-order valence-corrected chi connectivity index (χ2v) is 11.9. The van der Waals surface area contributed by atoms with Crippen LogP contribution in [0.2, 0.25) is 0 Å². The predicted molar refractivity (Wildman–Crippen MR) is 153 cm³/mol. The Labute approximate surface area is 254 Å². The molecule has 44 heavy (non-hydrogen) atoms. The van der Waals surface area contributed by atoms with E-state index < -0.39 is 42.1 Å².